The molecule has 0 bridgehead atoms. The van der Waals surface area contributed by atoms with E-state index >= 15 is 0 Å². The Morgan fingerprint density at radius 1 is 1.33 bits per heavy atom. The molecule has 1 unspecified atom stereocenters. The number of hydrogen-bond donors (Lipinski definition) is 1. The summed E-state index contributed by atoms with van der Waals surface area (Å²) in [6.45, 7) is 4.06. The molecule has 0 aromatic heterocycles. The molecule has 1 aliphatic rings. The van der Waals surface area contributed by atoms with Crippen LogP contribution in [0.3, 0.4) is 0 Å². The monoisotopic (exact) mass is 265 g/mol. The largest absolute Gasteiger partial charge is 0.316 e. The maximum absolute atomic E-state index is 12.2. The van der Waals surface area contributed by atoms with Gasteiger partial charge in [0, 0.05) is 5.56 Å². The van der Waals surface area contributed by atoms with Crippen LogP contribution in [0.2, 0.25) is 0 Å². The molecule has 1 heterocycles. The van der Waals surface area contributed by atoms with E-state index in [0.717, 1.165) is 44.3 Å². The summed E-state index contributed by atoms with van der Waals surface area (Å²) < 4.78 is 0. The van der Waals surface area contributed by atoms with Gasteiger partial charge in [-0.25, -0.2) is 0 Å². The third-order valence-electron chi connectivity index (χ3n) is 3.46. The Balaban J connectivity index is 2.19. The first-order valence-corrected chi connectivity index (χ1v) is 7.17. The van der Waals surface area contributed by atoms with Gasteiger partial charge >= 0.3 is 0 Å². The van der Waals surface area contributed by atoms with Gasteiger partial charge in [0.05, 0.1) is 5.38 Å². The van der Waals surface area contributed by atoms with Crippen molar-refractivity contribution in [2.45, 2.75) is 38.0 Å². The van der Waals surface area contributed by atoms with Crippen LogP contribution in [0.5, 0.6) is 0 Å². The van der Waals surface area contributed by atoms with Crippen LogP contribution in [0.15, 0.2) is 18.2 Å². The number of nitrogens with one attached hydrogen (secondary N) is 1. The summed E-state index contributed by atoms with van der Waals surface area (Å²) >= 11 is 6.12. The lowest BCUT2D eigenvalue weighted by molar-refractivity contribution is 0.0983. The van der Waals surface area contributed by atoms with Gasteiger partial charge < -0.3 is 5.32 Å². The molecule has 0 aliphatic carbocycles. The predicted octanol–water partition coefficient (Wildman–Crippen LogP) is 2.97. The van der Waals surface area contributed by atoms with Crippen molar-refractivity contribution >= 4 is 17.4 Å². The lowest BCUT2D eigenvalue weighted by Gasteiger charge is -2.10. The van der Waals surface area contributed by atoms with E-state index in [1.807, 2.05) is 19.1 Å². The highest BCUT2D eigenvalue weighted by atomic mass is 35.5. The number of carbonyl (C=O) groups is 1. The van der Waals surface area contributed by atoms with Crippen LogP contribution in [0, 0.1) is 0 Å². The number of ketones is 1. The number of benzene rings is 1. The molecule has 18 heavy (non-hydrogen) atoms. The highest BCUT2D eigenvalue weighted by Gasteiger charge is 2.18. The zero-order valence-corrected chi connectivity index (χ0v) is 11.6. The van der Waals surface area contributed by atoms with Crippen molar-refractivity contribution in [2.75, 3.05) is 13.1 Å². The normalized spacial score (nSPS) is 16.8. The smallest absolute Gasteiger partial charge is 0.180 e. The summed E-state index contributed by atoms with van der Waals surface area (Å²) in [5.41, 5.74) is 3.42. The van der Waals surface area contributed by atoms with E-state index in [4.69, 9.17) is 11.6 Å². The third-order valence-corrected chi connectivity index (χ3v) is 3.88. The SMILES string of the molecule is CCCC(Cl)C(=O)c1ccc2c(c1)CCNCC2. The summed E-state index contributed by atoms with van der Waals surface area (Å²) in [4.78, 5) is 12.2. The van der Waals surface area contributed by atoms with Crippen molar-refractivity contribution < 1.29 is 4.79 Å². The molecule has 98 valence electrons. The van der Waals surface area contributed by atoms with Crippen LogP contribution < -0.4 is 5.32 Å². The second-order valence-corrected chi connectivity index (χ2v) is 5.38. The maximum atomic E-state index is 12.2. The average molecular weight is 266 g/mol. The lowest BCUT2D eigenvalue weighted by atomic mass is 9.96. The van der Waals surface area contributed by atoms with Gasteiger partial charge in [-0.2, -0.15) is 0 Å². The fourth-order valence-corrected chi connectivity index (χ4v) is 2.74. The lowest BCUT2D eigenvalue weighted by Crippen LogP contribution is -2.16. The number of rotatable bonds is 4. The van der Waals surface area contributed by atoms with Gasteiger partial charge in [0.1, 0.15) is 0 Å². The number of fused-ring (bicyclic) bond motifs is 1. The Kier molecular flexibility index (Phi) is 4.79. The van der Waals surface area contributed by atoms with E-state index in [2.05, 4.69) is 11.4 Å². The molecule has 1 aromatic rings. The van der Waals surface area contributed by atoms with E-state index in [9.17, 15) is 4.79 Å². The molecule has 3 heteroatoms. The molecule has 0 saturated carbocycles. The fourth-order valence-electron chi connectivity index (χ4n) is 2.39. The molecule has 1 atom stereocenters. The van der Waals surface area contributed by atoms with Gasteiger partial charge in [0.2, 0.25) is 0 Å². The van der Waals surface area contributed by atoms with Crippen molar-refractivity contribution in [2.24, 2.45) is 0 Å². The molecule has 0 spiro atoms. The van der Waals surface area contributed by atoms with Crippen LogP contribution >= 0.6 is 11.6 Å². The van der Waals surface area contributed by atoms with E-state index in [-0.39, 0.29) is 11.2 Å². The standard InChI is InChI=1S/C15H20ClNO/c1-2-3-14(16)15(18)13-5-4-11-6-8-17-9-7-12(11)10-13/h4-5,10,14,17H,2-3,6-9H2,1H3. The van der Waals surface area contributed by atoms with E-state index in [0.29, 0.717) is 0 Å². The topological polar surface area (TPSA) is 29.1 Å². The number of hydrogen-bond acceptors (Lipinski definition) is 2. The molecule has 1 N–H and O–H groups in total. The van der Waals surface area contributed by atoms with Gasteiger partial charge in [-0.05, 0) is 49.5 Å². The second-order valence-electron chi connectivity index (χ2n) is 4.85. The maximum Gasteiger partial charge on any atom is 0.180 e. The minimum atomic E-state index is -0.378. The van der Waals surface area contributed by atoms with Crippen molar-refractivity contribution in [1.82, 2.24) is 5.32 Å². The first-order chi connectivity index (χ1) is 8.72. The zero-order valence-electron chi connectivity index (χ0n) is 10.8. The van der Waals surface area contributed by atoms with Gasteiger partial charge in [-0.15, -0.1) is 11.6 Å². The quantitative estimate of drug-likeness (QED) is 0.670. The van der Waals surface area contributed by atoms with Gasteiger partial charge in [0.15, 0.2) is 5.78 Å². The second kappa shape index (κ2) is 6.35. The third kappa shape index (κ3) is 3.12. The zero-order chi connectivity index (χ0) is 13.0. The Hall–Kier alpha value is -0.860. The highest BCUT2D eigenvalue weighted by Crippen LogP contribution is 2.19. The summed E-state index contributed by atoms with van der Waals surface area (Å²) in [5.74, 6) is 0.0681. The molecule has 0 saturated heterocycles. The molecule has 0 fully saturated rings. The number of halogens is 1. The van der Waals surface area contributed by atoms with E-state index in [1.165, 1.54) is 11.1 Å². The fraction of sp³-hybridized carbons (Fsp3) is 0.533. The molecular weight excluding hydrogens is 246 g/mol. The molecule has 0 radical (unpaired) electrons. The van der Waals surface area contributed by atoms with Crippen LogP contribution in [0.4, 0.5) is 0 Å². The highest BCUT2D eigenvalue weighted by molar-refractivity contribution is 6.33. The molecule has 2 nitrogen and oxygen atoms in total. The average Bonchev–Trinajstić information content (AvgIpc) is 2.62. The molecule has 1 aliphatic heterocycles. The minimum Gasteiger partial charge on any atom is -0.316 e. The van der Waals surface area contributed by atoms with Crippen LogP contribution in [0.1, 0.15) is 41.3 Å². The van der Waals surface area contributed by atoms with E-state index < -0.39 is 0 Å². The summed E-state index contributed by atoms with van der Waals surface area (Å²) in [5, 5.41) is 3.00. The summed E-state index contributed by atoms with van der Waals surface area (Å²) in [6.07, 6.45) is 3.73. The van der Waals surface area contributed by atoms with Crippen LogP contribution in [0.25, 0.3) is 0 Å². The minimum absolute atomic E-state index is 0.0681. The first-order valence-electron chi connectivity index (χ1n) is 6.73. The Morgan fingerprint density at radius 3 is 2.78 bits per heavy atom. The number of Topliss-reactive ketones (excluding diaryl/α,β-unsaturated/α-hetero) is 1. The van der Waals surface area contributed by atoms with Crippen molar-refractivity contribution in [3.8, 4) is 0 Å². The summed E-state index contributed by atoms with van der Waals surface area (Å²) in [6, 6.07) is 6.05. The van der Waals surface area contributed by atoms with Gasteiger partial charge in [-0.1, -0.05) is 25.5 Å². The first kappa shape index (κ1) is 13.6. The van der Waals surface area contributed by atoms with Crippen molar-refractivity contribution in [3.63, 3.8) is 0 Å². The number of carbonyl (C=O) groups excluding carboxylic acids is 1. The Bertz CT molecular complexity index is 431. The van der Waals surface area contributed by atoms with Crippen molar-refractivity contribution in [1.29, 1.82) is 0 Å². The predicted molar refractivity (Wildman–Crippen MR) is 75.6 cm³/mol. The molecule has 2 rings (SSSR count). The van der Waals surface area contributed by atoms with E-state index in [1.54, 1.807) is 0 Å². The Morgan fingerprint density at radius 2 is 2.06 bits per heavy atom. The molecule has 0 amide bonds. The summed E-state index contributed by atoms with van der Waals surface area (Å²) in [7, 11) is 0. The van der Waals surface area contributed by atoms with Gasteiger partial charge in [-0.3, -0.25) is 4.79 Å². The van der Waals surface area contributed by atoms with Crippen LogP contribution in [-0.4, -0.2) is 24.2 Å². The van der Waals surface area contributed by atoms with Crippen molar-refractivity contribution in [3.05, 3.63) is 34.9 Å². The molecular formula is C15H20ClNO. The Labute approximate surface area is 114 Å². The van der Waals surface area contributed by atoms with Crippen LogP contribution in [-0.2, 0) is 12.8 Å². The van der Waals surface area contributed by atoms with Gasteiger partial charge in [0.25, 0.3) is 0 Å². The number of alkyl halides is 1. The molecule has 1 aromatic carbocycles.